The summed E-state index contributed by atoms with van der Waals surface area (Å²) in [5, 5.41) is 2.82. The van der Waals surface area contributed by atoms with Crippen LogP contribution in [-0.4, -0.2) is 47.7 Å². The minimum Gasteiger partial charge on any atom is -0.493 e. The summed E-state index contributed by atoms with van der Waals surface area (Å²) >= 11 is 0. The number of carbonyl (C=O) groups is 1. The first-order chi connectivity index (χ1) is 17.1. The Morgan fingerprint density at radius 3 is 2.06 bits per heavy atom. The predicted molar refractivity (Wildman–Crippen MR) is 140 cm³/mol. The molecule has 36 heavy (non-hydrogen) atoms. The van der Waals surface area contributed by atoms with E-state index < -0.39 is 22.5 Å². The van der Waals surface area contributed by atoms with Crippen LogP contribution in [0.4, 0.5) is 5.69 Å². The number of hydrogen-bond donors (Lipinski definition) is 1. The molecule has 0 saturated heterocycles. The minimum absolute atomic E-state index is 0.0754. The number of carbonyl (C=O) groups excluding carboxylic acids is 1. The minimum atomic E-state index is -4.06. The van der Waals surface area contributed by atoms with Crippen LogP contribution in [-0.2, 0) is 14.8 Å². The van der Waals surface area contributed by atoms with E-state index in [-0.39, 0.29) is 23.2 Å². The first-order valence-electron chi connectivity index (χ1n) is 11.4. The molecule has 0 aromatic heterocycles. The zero-order valence-corrected chi connectivity index (χ0v) is 22.0. The molecule has 1 amide bonds. The molecule has 0 spiro atoms. The molecule has 8 nitrogen and oxygen atoms in total. The van der Waals surface area contributed by atoms with Crippen LogP contribution in [0.3, 0.4) is 0 Å². The molecule has 0 bridgehead atoms. The lowest BCUT2D eigenvalue weighted by Crippen LogP contribution is -2.45. The number of rotatable bonds is 11. The molecule has 3 rings (SSSR count). The third-order valence-electron chi connectivity index (χ3n) is 5.48. The molecule has 0 saturated carbocycles. The number of nitrogens with zero attached hydrogens (tertiary/aromatic N) is 1. The molecule has 3 aromatic rings. The number of aryl methyl sites for hydroxylation is 2. The van der Waals surface area contributed by atoms with E-state index in [1.165, 1.54) is 32.4 Å². The monoisotopic (exact) mass is 512 g/mol. The number of methoxy groups -OCH3 is 2. The quantitative estimate of drug-likeness (QED) is 0.416. The van der Waals surface area contributed by atoms with Gasteiger partial charge in [0.25, 0.3) is 10.0 Å². The topological polar surface area (TPSA) is 94.2 Å². The Kier molecular flexibility index (Phi) is 8.82. The van der Waals surface area contributed by atoms with Crippen LogP contribution >= 0.6 is 0 Å². The van der Waals surface area contributed by atoms with Gasteiger partial charge in [0, 0.05) is 6.07 Å². The molecule has 0 aliphatic heterocycles. The highest BCUT2D eigenvalue weighted by atomic mass is 32.2. The normalized spacial score (nSPS) is 11.9. The van der Waals surface area contributed by atoms with Gasteiger partial charge >= 0.3 is 0 Å². The Hall–Kier alpha value is -3.72. The summed E-state index contributed by atoms with van der Waals surface area (Å²) in [6.45, 7) is 5.45. The fourth-order valence-electron chi connectivity index (χ4n) is 3.48. The van der Waals surface area contributed by atoms with Crippen molar-refractivity contribution in [1.29, 1.82) is 0 Å². The van der Waals surface area contributed by atoms with E-state index in [0.29, 0.717) is 17.2 Å². The zero-order chi connectivity index (χ0) is 26.3. The number of hydrogen-bond acceptors (Lipinski definition) is 6. The fraction of sp³-hybridized carbons (Fsp3) is 0.296. The number of anilines is 1. The summed E-state index contributed by atoms with van der Waals surface area (Å²) < 4.78 is 44.6. The van der Waals surface area contributed by atoms with Gasteiger partial charge in [-0.3, -0.25) is 9.10 Å². The second kappa shape index (κ2) is 11.8. The molecule has 0 radical (unpaired) electrons. The van der Waals surface area contributed by atoms with Gasteiger partial charge in [0.1, 0.15) is 18.9 Å². The van der Waals surface area contributed by atoms with E-state index in [1.807, 2.05) is 38.1 Å². The van der Waals surface area contributed by atoms with E-state index in [0.717, 1.165) is 15.4 Å². The molecule has 0 aliphatic rings. The first kappa shape index (κ1) is 26.9. The summed E-state index contributed by atoms with van der Waals surface area (Å²) in [6.07, 6.45) is 0. The van der Waals surface area contributed by atoms with Crippen molar-refractivity contribution in [2.75, 3.05) is 31.7 Å². The van der Waals surface area contributed by atoms with Crippen molar-refractivity contribution in [3.05, 3.63) is 77.9 Å². The smallest absolute Gasteiger partial charge is 0.264 e. The van der Waals surface area contributed by atoms with Crippen LogP contribution in [0, 0.1) is 13.8 Å². The largest absolute Gasteiger partial charge is 0.493 e. The lowest BCUT2D eigenvalue weighted by atomic mass is 10.2. The third-order valence-corrected chi connectivity index (χ3v) is 7.27. The van der Waals surface area contributed by atoms with Crippen LogP contribution in [0.2, 0.25) is 0 Å². The maximum atomic E-state index is 13.6. The maximum absolute atomic E-state index is 13.6. The van der Waals surface area contributed by atoms with E-state index in [2.05, 4.69) is 5.32 Å². The summed E-state index contributed by atoms with van der Waals surface area (Å²) in [4.78, 5) is 13.0. The summed E-state index contributed by atoms with van der Waals surface area (Å²) in [6, 6.07) is 18.4. The Labute approximate surface area is 212 Å². The van der Waals surface area contributed by atoms with Crippen LogP contribution in [0.15, 0.2) is 71.6 Å². The van der Waals surface area contributed by atoms with E-state index >= 15 is 0 Å². The third kappa shape index (κ3) is 6.69. The number of nitrogens with one attached hydrogen (secondary N) is 1. The zero-order valence-electron chi connectivity index (χ0n) is 21.1. The molecule has 192 valence electrons. The van der Waals surface area contributed by atoms with E-state index in [1.54, 1.807) is 31.2 Å². The molecule has 1 unspecified atom stereocenters. The van der Waals surface area contributed by atoms with Crippen LogP contribution in [0.25, 0.3) is 0 Å². The van der Waals surface area contributed by atoms with Crippen molar-refractivity contribution >= 4 is 21.6 Å². The van der Waals surface area contributed by atoms with Gasteiger partial charge < -0.3 is 19.5 Å². The number of benzene rings is 3. The van der Waals surface area contributed by atoms with Crippen LogP contribution in [0.1, 0.15) is 18.1 Å². The second-order valence-corrected chi connectivity index (χ2v) is 10.3. The van der Waals surface area contributed by atoms with Crippen molar-refractivity contribution in [1.82, 2.24) is 5.32 Å². The fourth-order valence-corrected chi connectivity index (χ4v) is 4.89. The molecule has 0 aliphatic carbocycles. The van der Waals surface area contributed by atoms with Crippen molar-refractivity contribution in [2.24, 2.45) is 0 Å². The molecule has 0 heterocycles. The number of amides is 1. The average Bonchev–Trinajstić information content (AvgIpc) is 2.86. The molecule has 1 atom stereocenters. The van der Waals surface area contributed by atoms with E-state index in [4.69, 9.17) is 14.2 Å². The summed E-state index contributed by atoms with van der Waals surface area (Å²) in [5.74, 6) is 1.01. The standard InChI is InChI=1S/C27H32N2O6S/c1-19-6-11-23(12-7-19)35-18-21(3)28-27(30)17-29(22-10-15-25(33-4)26(16-22)34-5)36(31,32)24-13-8-20(2)9-14-24/h6-16,21H,17-18H2,1-5H3,(H,28,30). The molecular formula is C27H32N2O6S. The van der Waals surface area contributed by atoms with Crippen LogP contribution < -0.4 is 23.8 Å². The second-order valence-electron chi connectivity index (χ2n) is 8.46. The van der Waals surface area contributed by atoms with Crippen molar-refractivity contribution in [2.45, 2.75) is 31.7 Å². The van der Waals surface area contributed by atoms with Crippen molar-refractivity contribution in [3.63, 3.8) is 0 Å². The Morgan fingerprint density at radius 2 is 1.47 bits per heavy atom. The molecule has 9 heteroatoms. The lowest BCUT2D eigenvalue weighted by molar-refractivity contribution is -0.120. The van der Waals surface area contributed by atoms with Gasteiger partial charge in [0.05, 0.1) is 30.8 Å². The van der Waals surface area contributed by atoms with Crippen molar-refractivity contribution in [3.8, 4) is 17.2 Å². The van der Waals surface area contributed by atoms with Gasteiger partial charge in [-0.15, -0.1) is 0 Å². The molecule has 1 N–H and O–H groups in total. The number of sulfonamides is 1. The Morgan fingerprint density at radius 1 is 0.889 bits per heavy atom. The van der Waals surface area contributed by atoms with Gasteiger partial charge in [0.15, 0.2) is 11.5 Å². The molecule has 0 fully saturated rings. The van der Waals surface area contributed by atoms with Crippen LogP contribution in [0.5, 0.6) is 17.2 Å². The molecule has 3 aromatic carbocycles. The van der Waals surface area contributed by atoms with Gasteiger partial charge in [0.2, 0.25) is 5.91 Å². The highest BCUT2D eigenvalue weighted by molar-refractivity contribution is 7.92. The first-order valence-corrected chi connectivity index (χ1v) is 12.9. The summed E-state index contributed by atoms with van der Waals surface area (Å²) in [7, 11) is -1.11. The lowest BCUT2D eigenvalue weighted by Gasteiger charge is -2.26. The molecular weight excluding hydrogens is 480 g/mol. The number of ether oxygens (including phenoxy) is 3. The SMILES string of the molecule is COc1ccc(N(CC(=O)NC(C)COc2ccc(C)cc2)S(=O)(=O)c2ccc(C)cc2)cc1OC. The summed E-state index contributed by atoms with van der Waals surface area (Å²) in [5.41, 5.74) is 2.31. The van der Waals surface area contributed by atoms with Gasteiger partial charge in [-0.25, -0.2) is 8.42 Å². The predicted octanol–water partition coefficient (Wildman–Crippen LogP) is 4.10. The van der Waals surface area contributed by atoms with Gasteiger partial charge in [-0.05, 0) is 57.2 Å². The van der Waals surface area contributed by atoms with Gasteiger partial charge in [-0.1, -0.05) is 35.4 Å². The Balaban J connectivity index is 1.82. The highest BCUT2D eigenvalue weighted by Crippen LogP contribution is 2.33. The Bertz CT molecular complexity index is 1270. The van der Waals surface area contributed by atoms with Crippen molar-refractivity contribution < 1.29 is 27.4 Å². The van der Waals surface area contributed by atoms with E-state index in [9.17, 15) is 13.2 Å². The maximum Gasteiger partial charge on any atom is 0.264 e. The highest BCUT2D eigenvalue weighted by Gasteiger charge is 2.28. The average molecular weight is 513 g/mol. The van der Waals surface area contributed by atoms with Gasteiger partial charge in [-0.2, -0.15) is 0 Å².